The molecule has 0 spiro atoms. The van der Waals surface area contributed by atoms with Crippen LogP contribution in [0.25, 0.3) is 0 Å². The standard InChI is InChI=1S/C12H9FI2N2O2/c1-19-10-3-2-7(4-8(10)13)9(18)5-17-6-16-11(14)12(17)15/h2-4,6H,5H2,1H3. The lowest BCUT2D eigenvalue weighted by Crippen LogP contribution is -2.11. The maximum Gasteiger partial charge on any atom is 0.182 e. The fourth-order valence-corrected chi connectivity index (χ4v) is 2.41. The topological polar surface area (TPSA) is 44.1 Å². The molecule has 0 bridgehead atoms. The first-order valence-electron chi connectivity index (χ1n) is 5.25. The van der Waals surface area contributed by atoms with E-state index in [1.165, 1.54) is 19.2 Å². The lowest BCUT2D eigenvalue weighted by atomic mass is 10.1. The average molecular weight is 486 g/mol. The van der Waals surface area contributed by atoms with Crippen LogP contribution in [0.4, 0.5) is 4.39 Å². The van der Waals surface area contributed by atoms with Crippen molar-refractivity contribution in [2.24, 2.45) is 0 Å². The zero-order chi connectivity index (χ0) is 14.0. The number of imidazole rings is 1. The molecule has 4 nitrogen and oxygen atoms in total. The van der Waals surface area contributed by atoms with Crippen LogP contribution in [0.5, 0.6) is 5.75 Å². The summed E-state index contributed by atoms with van der Waals surface area (Å²) in [6.45, 7) is 0.139. The average Bonchev–Trinajstić information content (AvgIpc) is 2.70. The number of ketones is 1. The molecule has 1 heterocycles. The Kier molecular flexibility index (Phi) is 4.76. The van der Waals surface area contributed by atoms with E-state index < -0.39 is 5.82 Å². The van der Waals surface area contributed by atoms with Gasteiger partial charge in [0.25, 0.3) is 0 Å². The summed E-state index contributed by atoms with van der Waals surface area (Å²) in [5.74, 6) is -0.583. The van der Waals surface area contributed by atoms with Crippen LogP contribution in [0.3, 0.4) is 0 Å². The van der Waals surface area contributed by atoms with Crippen LogP contribution in [0.1, 0.15) is 10.4 Å². The second-order valence-corrected chi connectivity index (χ2v) is 5.77. The first kappa shape index (κ1) is 14.7. The molecule has 7 heteroatoms. The predicted molar refractivity (Wildman–Crippen MR) is 84.9 cm³/mol. The molecule has 2 aromatic rings. The van der Waals surface area contributed by atoms with Gasteiger partial charge in [-0.05, 0) is 63.4 Å². The first-order valence-corrected chi connectivity index (χ1v) is 7.41. The van der Waals surface area contributed by atoms with Crippen molar-refractivity contribution in [1.82, 2.24) is 9.55 Å². The highest BCUT2D eigenvalue weighted by Gasteiger charge is 2.13. The Balaban J connectivity index is 2.21. The number of rotatable bonds is 4. The van der Waals surface area contributed by atoms with Crippen LogP contribution in [0, 0.1) is 13.2 Å². The van der Waals surface area contributed by atoms with E-state index in [2.05, 4.69) is 50.2 Å². The van der Waals surface area contributed by atoms with Gasteiger partial charge in [-0.25, -0.2) is 9.37 Å². The van der Waals surface area contributed by atoms with E-state index in [4.69, 9.17) is 4.74 Å². The number of methoxy groups -OCH3 is 1. The number of hydrogen-bond acceptors (Lipinski definition) is 3. The number of carbonyl (C=O) groups excluding carboxylic acids is 1. The number of carbonyl (C=O) groups is 1. The predicted octanol–water partition coefficient (Wildman–Crippen LogP) is 3.12. The molecule has 0 N–H and O–H groups in total. The van der Waals surface area contributed by atoms with E-state index in [1.54, 1.807) is 17.0 Å². The third-order valence-corrected chi connectivity index (χ3v) is 5.47. The molecular weight excluding hydrogens is 477 g/mol. The second kappa shape index (κ2) is 6.16. The Bertz CT molecular complexity index is 628. The van der Waals surface area contributed by atoms with Gasteiger partial charge in [0.15, 0.2) is 17.3 Å². The molecule has 0 aliphatic carbocycles. The fraction of sp³-hybridized carbons (Fsp3) is 0.167. The minimum atomic E-state index is -0.539. The molecule has 0 atom stereocenters. The Morgan fingerprint density at radius 3 is 2.74 bits per heavy atom. The zero-order valence-electron chi connectivity index (χ0n) is 9.86. The molecule has 0 saturated carbocycles. The minimum Gasteiger partial charge on any atom is -0.494 e. The van der Waals surface area contributed by atoms with E-state index >= 15 is 0 Å². The number of aromatic nitrogens is 2. The largest absolute Gasteiger partial charge is 0.494 e. The number of Topliss-reactive ketones (excluding diaryl/α,β-unsaturated/α-hetero) is 1. The van der Waals surface area contributed by atoms with Crippen molar-refractivity contribution in [1.29, 1.82) is 0 Å². The van der Waals surface area contributed by atoms with Crippen molar-refractivity contribution in [2.45, 2.75) is 6.54 Å². The summed E-state index contributed by atoms with van der Waals surface area (Å²) in [4.78, 5) is 16.2. The summed E-state index contributed by atoms with van der Waals surface area (Å²) in [5, 5.41) is 0. The third kappa shape index (κ3) is 3.25. The molecule has 0 fully saturated rings. The summed E-state index contributed by atoms with van der Waals surface area (Å²) in [6, 6.07) is 4.19. The van der Waals surface area contributed by atoms with Crippen LogP contribution in [-0.2, 0) is 6.54 Å². The smallest absolute Gasteiger partial charge is 0.182 e. The van der Waals surface area contributed by atoms with Gasteiger partial charge in [-0.15, -0.1) is 0 Å². The summed E-state index contributed by atoms with van der Waals surface area (Å²) in [5.41, 5.74) is 0.317. The van der Waals surface area contributed by atoms with Crippen LogP contribution < -0.4 is 4.74 Å². The Morgan fingerprint density at radius 2 is 2.21 bits per heavy atom. The number of nitrogens with zero attached hydrogens (tertiary/aromatic N) is 2. The molecule has 100 valence electrons. The molecular formula is C12H9FI2N2O2. The SMILES string of the molecule is COc1ccc(C(=O)Cn2cnc(I)c2I)cc1F. The molecule has 1 aromatic heterocycles. The summed E-state index contributed by atoms with van der Waals surface area (Å²) < 4.78 is 21.8. The highest BCUT2D eigenvalue weighted by Crippen LogP contribution is 2.19. The molecule has 0 saturated heterocycles. The van der Waals surface area contributed by atoms with Crippen LogP contribution in [-0.4, -0.2) is 22.4 Å². The number of hydrogen-bond donors (Lipinski definition) is 0. The first-order chi connectivity index (χ1) is 9.02. The van der Waals surface area contributed by atoms with Gasteiger partial charge in [-0.2, -0.15) is 0 Å². The quantitative estimate of drug-likeness (QED) is 0.493. The number of ether oxygens (including phenoxy) is 1. The summed E-state index contributed by atoms with van der Waals surface area (Å²) in [6.07, 6.45) is 1.60. The molecule has 0 unspecified atom stereocenters. The highest BCUT2D eigenvalue weighted by atomic mass is 127. The van der Waals surface area contributed by atoms with E-state index in [0.29, 0.717) is 5.56 Å². The molecule has 0 amide bonds. The maximum absolute atomic E-state index is 13.5. The molecule has 1 aromatic carbocycles. The lowest BCUT2D eigenvalue weighted by Gasteiger charge is -2.06. The highest BCUT2D eigenvalue weighted by molar-refractivity contribution is 14.1. The Labute approximate surface area is 136 Å². The summed E-state index contributed by atoms with van der Waals surface area (Å²) >= 11 is 4.21. The van der Waals surface area contributed by atoms with Crippen molar-refractivity contribution in [3.05, 3.63) is 43.3 Å². The van der Waals surface area contributed by atoms with E-state index in [0.717, 1.165) is 7.40 Å². The fourth-order valence-electron chi connectivity index (χ4n) is 1.54. The third-order valence-electron chi connectivity index (χ3n) is 2.52. The van der Waals surface area contributed by atoms with Gasteiger partial charge in [0.1, 0.15) is 7.40 Å². The van der Waals surface area contributed by atoms with Crippen molar-refractivity contribution in [3.63, 3.8) is 0 Å². The normalized spacial score (nSPS) is 10.5. The zero-order valence-corrected chi connectivity index (χ0v) is 14.2. The van der Waals surface area contributed by atoms with E-state index in [-0.39, 0.29) is 18.1 Å². The minimum absolute atomic E-state index is 0.128. The second-order valence-electron chi connectivity index (χ2n) is 3.73. The Hall–Kier alpha value is -0.710. The molecule has 2 rings (SSSR count). The van der Waals surface area contributed by atoms with Crippen molar-refractivity contribution < 1.29 is 13.9 Å². The van der Waals surface area contributed by atoms with Crippen LogP contribution in [0.2, 0.25) is 0 Å². The van der Waals surface area contributed by atoms with E-state index in [9.17, 15) is 9.18 Å². The van der Waals surface area contributed by atoms with E-state index in [1.807, 2.05) is 0 Å². The molecule has 0 aliphatic heterocycles. The monoisotopic (exact) mass is 486 g/mol. The van der Waals surface area contributed by atoms with Gasteiger partial charge in [-0.3, -0.25) is 4.79 Å². The van der Waals surface area contributed by atoms with Gasteiger partial charge >= 0.3 is 0 Å². The number of halogens is 3. The van der Waals surface area contributed by atoms with Crippen LogP contribution >= 0.6 is 45.2 Å². The lowest BCUT2D eigenvalue weighted by molar-refractivity contribution is 0.0970. The summed E-state index contributed by atoms with van der Waals surface area (Å²) in [7, 11) is 1.38. The maximum atomic E-state index is 13.5. The van der Waals surface area contributed by atoms with Crippen molar-refractivity contribution >= 4 is 51.0 Å². The van der Waals surface area contributed by atoms with Gasteiger partial charge in [0, 0.05) is 5.56 Å². The van der Waals surface area contributed by atoms with Gasteiger partial charge in [0.2, 0.25) is 0 Å². The number of benzene rings is 1. The molecule has 0 radical (unpaired) electrons. The molecule has 0 aliphatic rings. The molecule has 19 heavy (non-hydrogen) atoms. The van der Waals surface area contributed by atoms with Crippen molar-refractivity contribution in [3.8, 4) is 5.75 Å². The van der Waals surface area contributed by atoms with Crippen molar-refractivity contribution in [2.75, 3.05) is 7.11 Å². The van der Waals surface area contributed by atoms with Gasteiger partial charge in [-0.1, -0.05) is 0 Å². The van der Waals surface area contributed by atoms with Gasteiger partial charge < -0.3 is 9.30 Å². The van der Waals surface area contributed by atoms with Gasteiger partial charge in [0.05, 0.1) is 20.0 Å². The van der Waals surface area contributed by atoms with Crippen LogP contribution in [0.15, 0.2) is 24.5 Å². The Morgan fingerprint density at radius 1 is 1.47 bits per heavy atom.